The molecule has 21 heavy (non-hydrogen) atoms. The lowest BCUT2D eigenvalue weighted by molar-refractivity contribution is 0.102. The van der Waals surface area contributed by atoms with Gasteiger partial charge in [-0.05, 0) is 54.7 Å². The van der Waals surface area contributed by atoms with Crippen LogP contribution in [-0.4, -0.2) is 5.91 Å². The number of aryl methyl sites for hydroxylation is 2. The molecule has 2 aromatic rings. The third-order valence-corrected chi connectivity index (χ3v) is 3.93. The van der Waals surface area contributed by atoms with E-state index in [9.17, 15) is 4.79 Å². The monoisotopic (exact) mass is 345 g/mol. The summed E-state index contributed by atoms with van der Waals surface area (Å²) in [5, 5.41) is 3.07. The van der Waals surface area contributed by atoms with Crippen LogP contribution in [0, 0.1) is 13.8 Å². The molecule has 0 fully saturated rings. The van der Waals surface area contributed by atoms with Crippen molar-refractivity contribution in [3.8, 4) is 0 Å². The van der Waals surface area contributed by atoms with Gasteiger partial charge in [0.1, 0.15) is 0 Å². The van der Waals surface area contributed by atoms with Gasteiger partial charge in [-0.1, -0.05) is 48.0 Å². The van der Waals surface area contributed by atoms with Crippen molar-refractivity contribution in [1.82, 2.24) is 0 Å². The van der Waals surface area contributed by atoms with Crippen molar-refractivity contribution in [2.24, 2.45) is 0 Å². The second kappa shape index (κ2) is 6.44. The maximum atomic E-state index is 12.5. The zero-order valence-electron chi connectivity index (χ0n) is 12.8. The van der Waals surface area contributed by atoms with Gasteiger partial charge in [0.2, 0.25) is 0 Å². The fourth-order valence-electron chi connectivity index (χ4n) is 2.40. The third kappa shape index (κ3) is 3.73. The molecule has 0 aliphatic carbocycles. The molecule has 0 saturated carbocycles. The van der Waals surface area contributed by atoms with Gasteiger partial charge in [-0.15, -0.1) is 0 Å². The Morgan fingerprint density at radius 3 is 2.48 bits per heavy atom. The van der Waals surface area contributed by atoms with Crippen molar-refractivity contribution in [2.45, 2.75) is 33.6 Å². The Labute approximate surface area is 134 Å². The fraction of sp³-hybridized carbons (Fsp3) is 0.278. The molecule has 2 nitrogen and oxygen atoms in total. The minimum Gasteiger partial charge on any atom is -0.321 e. The van der Waals surface area contributed by atoms with Gasteiger partial charge < -0.3 is 5.32 Å². The number of amides is 1. The summed E-state index contributed by atoms with van der Waals surface area (Å²) in [5.74, 6) is 0.292. The Bertz CT molecular complexity index is 657. The molecule has 0 aliphatic heterocycles. The molecule has 1 N–H and O–H groups in total. The lowest BCUT2D eigenvalue weighted by Crippen LogP contribution is -2.15. The zero-order valence-corrected chi connectivity index (χ0v) is 14.4. The number of anilines is 1. The minimum atomic E-state index is -0.0735. The van der Waals surface area contributed by atoms with Gasteiger partial charge >= 0.3 is 0 Å². The summed E-state index contributed by atoms with van der Waals surface area (Å²) in [7, 11) is 0. The van der Waals surface area contributed by atoms with E-state index in [1.807, 2.05) is 44.2 Å². The summed E-state index contributed by atoms with van der Waals surface area (Å²) in [5.41, 5.74) is 4.90. The lowest BCUT2D eigenvalue weighted by atomic mass is 9.98. The number of benzene rings is 2. The van der Waals surface area contributed by atoms with Crippen LogP contribution in [0.4, 0.5) is 5.69 Å². The summed E-state index contributed by atoms with van der Waals surface area (Å²) in [6.45, 7) is 8.27. The van der Waals surface area contributed by atoms with Crippen LogP contribution in [-0.2, 0) is 0 Å². The smallest absolute Gasteiger partial charge is 0.255 e. The van der Waals surface area contributed by atoms with Crippen LogP contribution in [0.2, 0.25) is 0 Å². The number of rotatable bonds is 3. The first-order valence-corrected chi connectivity index (χ1v) is 7.86. The van der Waals surface area contributed by atoms with Crippen LogP contribution >= 0.6 is 15.9 Å². The molecule has 0 atom stereocenters. The molecule has 3 heteroatoms. The summed E-state index contributed by atoms with van der Waals surface area (Å²) in [4.78, 5) is 12.5. The van der Waals surface area contributed by atoms with E-state index in [1.165, 1.54) is 0 Å². The van der Waals surface area contributed by atoms with Crippen molar-refractivity contribution in [3.05, 3.63) is 63.1 Å². The highest BCUT2D eigenvalue weighted by Crippen LogP contribution is 2.28. The molecule has 2 rings (SSSR count). The summed E-state index contributed by atoms with van der Waals surface area (Å²) < 4.78 is 0.918. The van der Waals surface area contributed by atoms with Gasteiger partial charge in [-0.3, -0.25) is 4.79 Å². The number of halogens is 1. The van der Waals surface area contributed by atoms with E-state index in [2.05, 4.69) is 41.2 Å². The van der Waals surface area contributed by atoms with E-state index in [0.717, 1.165) is 26.9 Å². The molecule has 0 bridgehead atoms. The molecule has 0 heterocycles. The van der Waals surface area contributed by atoms with E-state index in [1.54, 1.807) is 0 Å². The molecule has 1 amide bonds. The molecule has 0 saturated heterocycles. The number of hydrogen-bond donors (Lipinski definition) is 1. The SMILES string of the molecule is Cc1cc(Br)cc(C(=O)Nc2c(C)cccc2C(C)C)c1. The topological polar surface area (TPSA) is 29.1 Å². The van der Waals surface area contributed by atoms with E-state index in [-0.39, 0.29) is 5.91 Å². The highest BCUT2D eigenvalue weighted by molar-refractivity contribution is 9.10. The highest BCUT2D eigenvalue weighted by Gasteiger charge is 2.13. The van der Waals surface area contributed by atoms with E-state index >= 15 is 0 Å². The molecule has 0 aliphatic rings. The molecule has 0 aromatic heterocycles. The number of hydrogen-bond acceptors (Lipinski definition) is 1. The highest BCUT2D eigenvalue weighted by atomic mass is 79.9. The average Bonchev–Trinajstić information content (AvgIpc) is 2.39. The molecular weight excluding hydrogens is 326 g/mol. The van der Waals surface area contributed by atoms with Crippen LogP contribution in [0.25, 0.3) is 0 Å². The zero-order chi connectivity index (χ0) is 15.6. The summed E-state index contributed by atoms with van der Waals surface area (Å²) >= 11 is 3.44. The van der Waals surface area contributed by atoms with Crippen LogP contribution in [0.3, 0.4) is 0 Å². The Balaban J connectivity index is 2.36. The van der Waals surface area contributed by atoms with Crippen molar-refractivity contribution < 1.29 is 4.79 Å². The molecule has 2 aromatic carbocycles. The maximum Gasteiger partial charge on any atom is 0.255 e. The average molecular weight is 346 g/mol. The van der Waals surface area contributed by atoms with E-state index in [4.69, 9.17) is 0 Å². The largest absolute Gasteiger partial charge is 0.321 e. The van der Waals surface area contributed by atoms with Crippen LogP contribution < -0.4 is 5.32 Å². The second-order valence-corrected chi connectivity index (χ2v) is 6.58. The molecule has 0 radical (unpaired) electrons. The predicted molar refractivity (Wildman–Crippen MR) is 92.1 cm³/mol. The van der Waals surface area contributed by atoms with Crippen molar-refractivity contribution >= 4 is 27.5 Å². The van der Waals surface area contributed by atoms with E-state index in [0.29, 0.717) is 11.5 Å². The Morgan fingerprint density at radius 2 is 1.86 bits per heavy atom. The van der Waals surface area contributed by atoms with Gasteiger partial charge in [0.05, 0.1) is 0 Å². The number of nitrogens with one attached hydrogen (secondary N) is 1. The molecule has 110 valence electrons. The molecular formula is C18H20BrNO. The Morgan fingerprint density at radius 1 is 1.14 bits per heavy atom. The van der Waals surface area contributed by atoms with Crippen LogP contribution in [0.5, 0.6) is 0 Å². The lowest BCUT2D eigenvalue weighted by Gasteiger charge is -2.16. The van der Waals surface area contributed by atoms with E-state index < -0.39 is 0 Å². The van der Waals surface area contributed by atoms with Gasteiger partial charge in [0.25, 0.3) is 5.91 Å². The quantitative estimate of drug-likeness (QED) is 0.788. The normalized spacial score (nSPS) is 10.8. The number of para-hydroxylation sites is 1. The predicted octanol–water partition coefficient (Wildman–Crippen LogP) is 5.44. The first kappa shape index (κ1) is 15.8. The van der Waals surface area contributed by atoms with Crippen molar-refractivity contribution in [1.29, 1.82) is 0 Å². The second-order valence-electron chi connectivity index (χ2n) is 5.67. The van der Waals surface area contributed by atoms with Gasteiger partial charge in [0.15, 0.2) is 0 Å². The van der Waals surface area contributed by atoms with Gasteiger partial charge in [-0.2, -0.15) is 0 Å². The summed E-state index contributed by atoms with van der Waals surface area (Å²) in [6.07, 6.45) is 0. The van der Waals surface area contributed by atoms with Crippen molar-refractivity contribution in [3.63, 3.8) is 0 Å². The van der Waals surface area contributed by atoms with Gasteiger partial charge in [0, 0.05) is 15.7 Å². The number of carbonyl (C=O) groups excluding carboxylic acids is 1. The Kier molecular flexibility index (Phi) is 4.84. The first-order chi connectivity index (χ1) is 9.88. The standard InChI is InChI=1S/C18H20BrNO/c1-11(2)16-7-5-6-13(4)17(16)20-18(21)14-8-12(3)9-15(19)10-14/h5-11H,1-4H3,(H,20,21). The number of carbonyl (C=O) groups is 1. The summed E-state index contributed by atoms with van der Waals surface area (Å²) in [6, 6.07) is 11.9. The maximum absolute atomic E-state index is 12.5. The van der Waals surface area contributed by atoms with Gasteiger partial charge in [-0.25, -0.2) is 0 Å². The Hall–Kier alpha value is -1.61. The first-order valence-electron chi connectivity index (χ1n) is 7.06. The molecule has 0 spiro atoms. The minimum absolute atomic E-state index is 0.0735. The fourth-order valence-corrected chi connectivity index (χ4v) is 3.00. The molecule has 0 unspecified atom stereocenters. The van der Waals surface area contributed by atoms with Crippen molar-refractivity contribution in [2.75, 3.05) is 5.32 Å². The third-order valence-electron chi connectivity index (χ3n) is 3.47. The van der Waals surface area contributed by atoms with Crippen LogP contribution in [0.15, 0.2) is 40.9 Å². The van der Waals surface area contributed by atoms with Crippen LogP contribution in [0.1, 0.15) is 46.8 Å².